The summed E-state index contributed by atoms with van der Waals surface area (Å²) in [6, 6.07) is 6.10. The van der Waals surface area contributed by atoms with Crippen molar-refractivity contribution < 1.29 is 19.7 Å². The minimum absolute atomic E-state index is 0.0122. The van der Waals surface area contributed by atoms with E-state index in [2.05, 4.69) is 19.9 Å². The van der Waals surface area contributed by atoms with E-state index in [1.807, 2.05) is 12.1 Å². The van der Waals surface area contributed by atoms with Crippen molar-refractivity contribution in [3.05, 3.63) is 44.1 Å². The van der Waals surface area contributed by atoms with Crippen molar-refractivity contribution in [2.45, 2.75) is 64.2 Å². The maximum Gasteiger partial charge on any atom is 0.348 e. The van der Waals surface area contributed by atoms with Crippen LogP contribution in [-0.2, 0) is 17.6 Å². The second-order valence-electron chi connectivity index (χ2n) is 9.12. The van der Waals surface area contributed by atoms with Gasteiger partial charge in [0.05, 0.1) is 19.8 Å². The number of carbonyl (C=O) groups is 1. The largest absolute Gasteiger partial charge is 0.461 e. The van der Waals surface area contributed by atoms with E-state index in [4.69, 9.17) is 27.9 Å². The highest BCUT2D eigenvalue weighted by Crippen LogP contribution is 2.41. The lowest BCUT2D eigenvalue weighted by molar-refractivity contribution is 0.0309. The van der Waals surface area contributed by atoms with Gasteiger partial charge in [-0.15, -0.1) is 22.9 Å². The molecule has 0 bridgehead atoms. The Kier molecular flexibility index (Phi) is 10.1. The van der Waals surface area contributed by atoms with Crippen LogP contribution in [0.25, 0.3) is 11.1 Å². The van der Waals surface area contributed by atoms with Gasteiger partial charge in [-0.05, 0) is 80.2 Å². The molecule has 0 spiro atoms. The molecule has 0 saturated heterocycles. The Morgan fingerprint density at radius 2 is 1.97 bits per heavy atom. The van der Waals surface area contributed by atoms with Crippen molar-refractivity contribution in [1.82, 2.24) is 0 Å². The number of thiophene rings is 1. The standard InChI is InChI=1S/C26H34Cl2O4S/c1-3-4-23-21(12-24(33-23)26(31)32-15-18(13-29)14-30)25-19(9-16(2)10-22(25)28)7-5-17-6-8-20(27)11-17/h9-10,12,17-18,20,29-30H,3-8,11,13-15H2,1-2H3. The normalized spacial score (nSPS) is 18.3. The van der Waals surface area contributed by atoms with Gasteiger partial charge < -0.3 is 14.9 Å². The molecular formula is C26H34Cl2O4S. The molecule has 2 atom stereocenters. The van der Waals surface area contributed by atoms with E-state index in [0.29, 0.717) is 21.2 Å². The molecule has 3 rings (SSSR count). The first-order valence-corrected chi connectivity index (χ1v) is 13.4. The second kappa shape index (κ2) is 12.6. The number of aliphatic hydroxyl groups is 2. The Hall–Kier alpha value is -1.11. The average molecular weight is 514 g/mol. The summed E-state index contributed by atoms with van der Waals surface area (Å²) >= 11 is 14.6. The molecule has 182 valence electrons. The molecule has 2 N–H and O–H groups in total. The third-order valence-corrected chi connectivity index (χ3v) is 8.21. The quantitative estimate of drug-likeness (QED) is 0.269. The van der Waals surface area contributed by atoms with Gasteiger partial charge in [-0.25, -0.2) is 4.79 Å². The summed E-state index contributed by atoms with van der Waals surface area (Å²) in [6.45, 7) is 3.71. The first-order valence-electron chi connectivity index (χ1n) is 11.8. The summed E-state index contributed by atoms with van der Waals surface area (Å²) < 4.78 is 5.36. The van der Waals surface area contributed by atoms with Crippen LogP contribution in [0.1, 0.15) is 64.7 Å². The maximum atomic E-state index is 12.7. The fourth-order valence-corrected chi connectivity index (χ4v) is 6.47. The number of aliphatic hydroxyl groups excluding tert-OH is 2. The number of carbonyl (C=O) groups excluding carboxylic acids is 1. The van der Waals surface area contributed by atoms with Crippen LogP contribution >= 0.6 is 34.5 Å². The minimum atomic E-state index is -0.468. The highest BCUT2D eigenvalue weighted by atomic mass is 35.5. The molecule has 2 aromatic rings. The van der Waals surface area contributed by atoms with Gasteiger partial charge in [-0.3, -0.25) is 0 Å². The van der Waals surface area contributed by atoms with Crippen LogP contribution in [0.2, 0.25) is 5.02 Å². The summed E-state index contributed by atoms with van der Waals surface area (Å²) in [5, 5.41) is 19.5. The molecule has 1 saturated carbocycles. The number of alkyl halides is 1. The summed E-state index contributed by atoms with van der Waals surface area (Å²) in [5.41, 5.74) is 4.38. The number of halogens is 2. The van der Waals surface area contributed by atoms with Crippen LogP contribution in [0, 0.1) is 18.8 Å². The van der Waals surface area contributed by atoms with E-state index >= 15 is 0 Å². The Labute approximate surface area is 210 Å². The predicted octanol–water partition coefficient (Wildman–Crippen LogP) is 6.43. The Morgan fingerprint density at radius 1 is 1.21 bits per heavy atom. The van der Waals surface area contributed by atoms with Gasteiger partial charge in [0.15, 0.2) is 0 Å². The molecule has 1 aliphatic rings. The fourth-order valence-electron chi connectivity index (χ4n) is 4.53. The second-order valence-corrected chi connectivity index (χ2v) is 11.3. The molecule has 0 aliphatic heterocycles. The van der Waals surface area contributed by atoms with Crippen LogP contribution < -0.4 is 0 Å². The monoisotopic (exact) mass is 512 g/mol. The van der Waals surface area contributed by atoms with Crippen LogP contribution in [0.15, 0.2) is 18.2 Å². The molecule has 0 radical (unpaired) electrons. The van der Waals surface area contributed by atoms with Gasteiger partial charge in [-0.1, -0.05) is 31.0 Å². The third-order valence-electron chi connectivity index (χ3n) is 6.34. The number of hydrogen-bond acceptors (Lipinski definition) is 5. The highest BCUT2D eigenvalue weighted by Gasteiger charge is 2.25. The van der Waals surface area contributed by atoms with Crippen LogP contribution in [0.4, 0.5) is 0 Å². The third kappa shape index (κ3) is 6.95. The number of ether oxygens (including phenoxy) is 1. The van der Waals surface area contributed by atoms with Gasteiger partial charge in [0.2, 0.25) is 0 Å². The average Bonchev–Trinajstić information content (AvgIpc) is 3.39. The lowest BCUT2D eigenvalue weighted by Gasteiger charge is -2.16. The van der Waals surface area contributed by atoms with E-state index in [9.17, 15) is 15.0 Å². The van der Waals surface area contributed by atoms with Gasteiger partial charge in [0.25, 0.3) is 0 Å². The zero-order valence-electron chi connectivity index (χ0n) is 19.4. The SMILES string of the molecule is CCCc1sc(C(=O)OCC(CO)CO)cc1-c1c(Cl)cc(C)cc1CCC1CCC(Cl)C1. The van der Waals surface area contributed by atoms with Gasteiger partial charge in [-0.2, -0.15) is 0 Å². The number of hydrogen-bond donors (Lipinski definition) is 2. The highest BCUT2D eigenvalue weighted by molar-refractivity contribution is 7.14. The van der Waals surface area contributed by atoms with Crippen LogP contribution in [0.3, 0.4) is 0 Å². The molecular weight excluding hydrogens is 479 g/mol. The number of benzene rings is 1. The lowest BCUT2D eigenvalue weighted by Crippen LogP contribution is -2.20. The summed E-state index contributed by atoms with van der Waals surface area (Å²) in [4.78, 5) is 14.4. The molecule has 1 aromatic heterocycles. The molecule has 4 nitrogen and oxygen atoms in total. The van der Waals surface area contributed by atoms with Crippen molar-refractivity contribution in [3.63, 3.8) is 0 Å². The van der Waals surface area contributed by atoms with E-state index in [1.165, 1.54) is 23.3 Å². The van der Waals surface area contributed by atoms with Gasteiger partial charge in [0, 0.05) is 26.8 Å². The van der Waals surface area contributed by atoms with E-state index in [0.717, 1.165) is 60.1 Å². The van der Waals surface area contributed by atoms with Gasteiger partial charge in [0.1, 0.15) is 4.88 Å². The number of aryl methyl sites for hydroxylation is 3. The molecule has 1 fully saturated rings. The molecule has 1 aliphatic carbocycles. The van der Waals surface area contributed by atoms with Crippen molar-refractivity contribution in [2.24, 2.45) is 11.8 Å². The molecule has 1 aromatic carbocycles. The topological polar surface area (TPSA) is 66.8 Å². The van der Waals surface area contributed by atoms with Crippen molar-refractivity contribution >= 4 is 40.5 Å². The van der Waals surface area contributed by atoms with Crippen molar-refractivity contribution in [3.8, 4) is 11.1 Å². The van der Waals surface area contributed by atoms with Crippen molar-refractivity contribution in [2.75, 3.05) is 19.8 Å². The summed E-state index contributed by atoms with van der Waals surface area (Å²) in [7, 11) is 0. The Bertz CT molecular complexity index is 939. The number of rotatable bonds is 11. The van der Waals surface area contributed by atoms with Crippen LogP contribution in [-0.4, -0.2) is 41.4 Å². The minimum Gasteiger partial charge on any atom is -0.461 e. The van der Waals surface area contributed by atoms with E-state index < -0.39 is 11.9 Å². The molecule has 0 amide bonds. The number of esters is 1. The van der Waals surface area contributed by atoms with Crippen LogP contribution in [0.5, 0.6) is 0 Å². The Balaban J connectivity index is 1.89. The maximum absolute atomic E-state index is 12.7. The molecule has 1 heterocycles. The van der Waals surface area contributed by atoms with E-state index in [1.54, 1.807) is 0 Å². The smallest absolute Gasteiger partial charge is 0.348 e. The molecule has 7 heteroatoms. The van der Waals surface area contributed by atoms with Gasteiger partial charge >= 0.3 is 5.97 Å². The predicted molar refractivity (Wildman–Crippen MR) is 137 cm³/mol. The van der Waals surface area contributed by atoms with Crippen molar-refractivity contribution in [1.29, 1.82) is 0 Å². The zero-order valence-corrected chi connectivity index (χ0v) is 21.7. The fraction of sp³-hybridized carbons (Fsp3) is 0.577. The Morgan fingerprint density at radius 3 is 2.61 bits per heavy atom. The summed E-state index contributed by atoms with van der Waals surface area (Å²) in [5.74, 6) is -0.252. The zero-order chi connectivity index (χ0) is 24.0. The first-order chi connectivity index (χ1) is 15.9. The van der Waals surface area contributed by atoms with E-state index in [-0.39, 0.29) is 19.8 Å². The molecule has 33 heavy (non-hydrogen) atoms. The first kappa shape index (κ1) is 26.5. The summed E-state index contributed by atoms with van der Waals surface area (Å²) in [6.07, 6.45) is 7.18. The lowest BCUT2D eigenvalue weighted by atomic mass is 9.91. The molecule has 2 unspecified atom stereocenters.